The van der Waals surface area contributed by atoms with E-state index in [1.54, 1.807) is 18.5 Å². The number of anilines is 2. The first-order chi connectivity index (χ1) is 7.27. The zero-order chi connectivity index (χ0) is 10.7. The molecule has 0 aliphatic heterocycles. The lowest BCUT2D eigenvalue weighted by Gasteiger charge is -2.08. The molecular weight excluding hydrogens is 231 g/mol. The van der Waals surface area contributed by atoms with Gasteiger partial charge in [-0.1, -0.05) is 29.3 Å². The van der Waals surface area contributed by atoms with Crippen LogP contribution in [0.15, 0.2) is 42.7 Å². The molecule has 0 saturated carbocycles. The second kappa shape index (κ2) is 4.51. The van der Waals surface area contributed by atoms with Crippen molar-refractivity contribution < 1.29 is 0 Å². The highest BCUT2D eigenvalue weighted by Crippen LogP contribution is 2.31. The molecule has 0 spiro atoms. The highest BCUT2D eigenvalue weighted by Gasteiger charge is 2.03. The predicted octanol–water partition coefficient (Wildman–Crippen LogP) is 4.13. The van der Waals surface area contributed by atoms with Crippen LogP contribution in [0.4, 0.5) is 11.4 Å². The molecule has 1 heterocycles. The molecule has 2 nitrogen and oxygen atoms in total. The van der Waals surface area contributed by atoms with Crippen LogP contribution in [0.5, 0.6) is 0 Å². The maximum Gasteiger partial charge on any atom is 0.0827 e. The molecule has 2 rings (SSSR count). The number of nitrogens with one attached hydrogen (secondary N) is 1. The van der Waals surface area contributed by atoms with E-state index in [9.17, 15) is 0 Å². The zero-order valence-electron chi connectivity index (χ0n) is 7.74. The van der Waals surface area contributed by atoms with Crippen LogP contribution in [0.1, 0.15) is 0 Å². The van der Waals surface area contributed by atoms with Crippen molar-refractivity contribution in [3.05, 3.63) is 52.8 Å². The molecule has 1 aromatic heterocycles. The SMILES string of the molecule is Clc1cccc(Nc2ccncc2)c1Cl. The topological polar surface area (TPSA) is 24.9 Å². The van der Waals surface area contributed by atoms with E-state index in [1.807, 2.05) is 24.3 Å². The number of rotatable bonds is 2. The molecule has 0 saturated heterocycles. The van der Waals surface area contributed by atoms with Crippen molar-refractivity contribution in [3.63, 3.8) is 0 Å². The van der Waals surface area contributed by atoms with Crippen LogP contribution >= 0.6 is 23.2 Å². The van der Waals surface area contributed by atoms with Gasteiger partial charge in [-0.25, -0.2) is 0 Å². The molecule has 0 bridgehead atoms. The molecule has 0 radical (unpaired) electrons. The monoisotopic (exact) mass is 238 g/mol. The smallest absolute Gasteiger partial charge is 0.0827 e. The average Bonchev–Trinajstić information content (AvgIpc) is 2.26. The molecule has 0 aliphatic carbocycles. The lowest BCUT2D eigenvalue weighted by atomic mass is 10.3. The number of benzene rings is 1. The Labute approximate surface area is 97.9 Å². The van der Waals surface area contributed by atoms with Crippen molar-refractivity contribution in [2.75, 3.05) is 5.32 Å². The fraction of sp³-hybridized carbons (Fsp3) is 0. The summed E-state index contributed by atoms with van der Waals surface area (Å²) < 4.78 is 0. The van der Waals surface area contributed by atoms with Gasteiger partial charge in [0.2, 0.25) is 0 Å². The second-order valence-corrected chi connectivity index (χ2v) is 3.75. The number of hydrogen-bond donors (Lipinski definition) is 1. The molecule has 76 valence electrons. The van der Waals surface area contributed by atoms with Crippen molar-refractivity contribution in [1.29, 1.82) is 0 Å². The first-order valence-electron chi connectivity index (χ1n) is 4.38. The maximum absolute atomic E-state index is 6.03. The van der Waals surface area contributed by atoms with Gasteiger partial charge in [-0.2, -0.15) is 0 Å². The molecule has 15 heavy (non-hydrogen) atoms. The minimum Gasteiger partial charge on any atom is -0.354 e. The Kier molecular flexibility index (Phi) is 3.09. The minimum atomic E-state index is 0.524. The molecule has 0 amide bonds. The first-order valence-corrected chi connectivity index (χ1v) is 5.14. The van der Waals surface area contributed by atoms with Crippen LogP contribution in [0.2, 0.25) is 10.0 Å². The summed E-state index contributed by atoms with van der Waals surface area (Å²) in [6.45, 7) is 0. The van der Waals surface area contributed by atoms with Gasteiger partial charge >= 0.3 is 0 Å². The van der Waals surface area contributed by atoms with E-state index in [0.717, 1.165) is 11.4 Å². The van der Waals surface area contributed by atoms with Gasteiger partial charge in [0.05, 0.1) is 15.7 Å². The number of pyridine rings is 1. The van der Waals surface area contributed by atoms with Gasteiger partial charge in [0, 0.05) is 18.1 Å². The van der Waals surface area contributed by atoms with Crippen LogP contribution < -0.4 is 5.32 Å². The van der Waals surface area contributed by atoms with E-state index >= 15 is 0 Å². The van der Waals surface area contributed by atoms with E-state index in [0.29, 0.717) is 10.0 Å². The third-order valence-electron chi connectivity index (χ3n) is 1.91. The summed E-state index contributed by atoms with van der Waals surface area (Å²) in [4.78, 5) is 3.93. The maximum atomic E-state index is 6.03. The predicted molar refractivity (Wildman–Crippen MR) is 64.0 cm³/mol. The van der Waals surface area contributed by atoms with Gasteiger partial charge in [0.25, 0.3) is 0 Å². The first kappa shape index (κ1) is 10.3. The molecular formula is C11H8Cl2N2. The second-order valence-electron chi connectivity index (χ2n) is 2.96. The number of nitrogens with zero attached hydrogens (tertiary/aromatic N) is 1. The van der Waals surface area contributed by atoms with Gasteiger partial charge in [0.15, 0.2) is 0 Å². The van der Waals surface area contributed by atoms with E-state index in [4.69, 9.17) is 23.2 Å². The van der Waals surface area contributed by atoms with E-state index in [1.165, 1.54) is 0 Å². The van der Waals surface area contributed by atoms with Crippen LogP contribution in [0.3, 0.4) is 0 Å². The highest BCUT2D eigenvalue weighted by molar-refractivity contribution is 6.43. The summed E-state index contributed by atoms with van der Waals surface area (Å²) in [6, 6.07) is 9.18. The quantitative estimate of drug-likeness (QED) is 0.852. The molecule has 0 aliphatic rings. The fourth-order valence-corrected chi connectivity index (χ4v) is 1.54. The molecule has 4 heteroatoms. The van der Waals surface area contributed by atoms with Crippen LogP contribution in [-0.4, -0.2) is 4.98 Å². The number of hydrogen-bond acceptors (Lipinski definition) is 2. The Balaban J connectivity index is 2.29. The Morgan fingerprint density at radius 2 is 1.73 bits per heavy atom. The Bertz CT molecular complexity index is 457. The standard InChI is InChI=1S/C11H8Cl2N2/c12-9-2-1-3-10(11(9)13)15-8-4-6-14-7-5-8/h1-7H,(H,14,15). The zero-order valence-corrected chi connectivity index (χ0v) is 9.26. The average molecular weight is 239 g/mol. The number of halogens is 2. The van der Waals surface area contributed by atoms with Crippen LogP contribution in [0.25, 0.3) is 0 Å². The lowest BCUT2D eigenvalue weighted by Crippen LogP contribution is -1.91. The molecule has 0 atom stereocenters. The van der Waals surface area contributed by atoms with Crippen molar-refractivity contribution in [1.82, 2.24) is 4.98 Å². The minimum absolute atomic E-state index is 0.524. The summed E-state index contributed by atoms with van der Waals surface area (Å²) in [5.41, 5.74) is 1.71. The summed E-state index contributed by atoms with van der Waals surface area (Å²) >= 11 is 11.9. The normalized spacial score (nSPS) is 10.0. The van der Waals surface area contributed by atoms with Gasteiger partial charge in [-0.05, 0) is 24.3 Å². The molecule has 1 N–H and O–H groups in total. The van der Waals surface area contributed by atoms with Gasteiger partial charge < -0.3 is 5.32 Å². The molecule has 2 aromatic rings. The largest absolute Gasteiger partial charge is 0.354 e. The lowest BCUT2D eigenvalue weighted by molar-refractivity contribution is 1.32. The summed E-state index contributed by atoms with van der Waals surface area (Å²) in [6.07, 6.45) is 3.42. The Hall–Kier alpha value is -1.25. The van der Waals surface area contributed by atoms with Gasteiger partial charge in [-0.3, -0.25) is 4.98 Å². The Morgan fingerprint density at radius 3 is 2.47 bits per heavy atom. The fourth-order valence-electron chi connectivity index (χ4n) is 1.19. The van der Waals surface area contributed by atoms with Crippen molar-refractivity contribution in [2.45, 2.75) is 0 Å². The molecule has 0 fully saturated rings. The van der Waals surface area contributed by atoms with Crippen molar-refractivity contribution >= 4 is 34.6 Å². The summed E-state index contributed by atoms with van der Waals surface area (Å²) in [5, 5.41) is 4.22. The third kappa shape index (κ3) is 2.41. The van der Waals surface area contributed by atoms with Crippen molar-refractivity contribution in [2.24, 2.45) is 0 Å². The Morgan fingerprint density at radius 1 is 1.00 bits per heavy atom. The van der Waals surface area contributed by atoms with E-state index in [2.05, 4.69) is 10.3 Å². The van der Waals surface area contributed by atoms with Crippen LogP contribution in [-0.2, 0) is 0 Å². The van der Waals surface area contributed by atoms with Gasteiger partial charge in [0.1, 0.15) is 0 Å². The number of aromatic nitrogens is 1. The third-order valence-corrected chi connectivity index (χ3v) is 2.73. The molecule has 1 aromatic carbocycles. The molecule has 0 unspecified atom stereocenters. The summed E-state index contributed by atoms with van der Waals surface area (Å²) in [7, 11) is 0. The van der Waals surface area contributed by atoms with Gasteiger partial charge in [-0.15, -0.1) is 0 Å². The van der Waals surface area contributed by atoms with E-state index in [-0.39, 0.29) is 0 Å². The highest BCUT2D eigenvalue weighted by atomic mass is 35.5. The van der Waals surface area contributed by atoms with Crippen molar-refractivity contribution in [3.8, 4) is 0 Å². The van der Waals surface area contributed by atoms with E-state index < -0.39 is 0 Å². The summed E-state index contributed by atoms with van der Waals surface area (Å²) in [5.74, 6) is 0. The van der Waals surface area contributed by atoms with Crippen LogP contribution in [0, 0.1) is 0 Å².